The first kappa shape index (κ1) is 13.5. The number of H-pyrrole nitrogens is 2. The second kappa shape index (κ2) is 5.10. The van der Waals surface area contributed by atoms with Gasteiger partial charge in [0.1, 0.15) is 0 Å². The van der Waals surface area contributed by atoms with Crippen LogP contribution in [0.4, 0.5) is 5.69 Å². The van der Waals surface area contributed by atoms with Gasteiger partial charge in [0, 0.05) is 10.7 Å². The minimum absolute atomic E-state index is 0.304. The lowest BCUT2D eigenvalue weighted by Crippen LogP contribution is -2.13. The summed E-state index contributed by atoms with van der Waals surface area (Å²) < 4.78 is 0. The highest BCUT2D eigenvalue weighted by Crippen LogP contribution is 2.24. The number of imidazole rings is 1. The lowest BCUT2D eigenvalue weighted by Gasteiger charge is -2.09. The van der Waals surface area contributed by atoms with Crippen LogP contribution >= 0.6 is 11.6 Å². The number of anilines is 1. The number of fused-ring (bicyclic) bond motifs is 1. The first-order valence-corrected chi connectivity index (χ1v) is 6.71. The van der Waals surface area contributed by atoms with Crippen molar-refractivity contribution in [2.45, 2.75) is 6.92 Å². The molecule has 0 fully saturated rings. The van der Waals surface area contributed by atoms with E-state index in [1.54, 1.807) is 36.4 Å². The van der Waals surface area contributed by atoms with Gasteiger partial charge < -0.3 is 15.3 Å². The van der Waals surface area contributed by atoms with Crippen molar-refractivity contribution in [3.05, 3.63) is 63.0 Å². The number of carbonyl (C=O) groups excluding carboxylic acids is 1. The van der Waals surface area contributed by atoms with Crippen LogP contribution < -0.4 is 11.0 Å². The Kier molecular flexibility index (Phi) is 3.27. The molecule has 0 spiro atoms. The van der Waals surface area contributed by atoms with Crippen molar-refractivity contribution < 1.29 is 4.79 Å². The highest BCUT2D eigenvalue weighted by atomic mass is 35.5. The fourth-order valence-corrected chi connectivity index (χ4v) is 2.35. The summed E-state index contributed by atoms with van der Waals surface area (Å²) in [5.41, 5.74) is 2.56. The van der Waals surface area contributed by atoms with E-state index in [9.17, 15) is 9.59 Å². The standard InChI is InChI=1S/C15H12ClN3O2/c1-8-10(16)5-3-6-11(8)17-14(20)9-4-2-7-12-13(9)19-15(21)18-12/h2-7H,1H3,(H,17,20)(H2,18,19,21). The van der Waals surface area contributed by atoms with Crippen LogP contribution in [0.2, 0.25) is 5.02 Å². The molecule has 0 aliphatic carbocycles. The topological polar surface area (TPSA) is 77.8 Å². The van der Waals surface area contributed by atoms with Gasteiger partial charge in [0.2, 0.25) is 0 Å². The van der Waals surface area contributed by atoms with Crippen molar-refractivity contribution in [2.75, 3.05) is 5.32 Å². The van der Waals surface area contributed by atoms with Gasteiger partial charge in [-0.2, -0.15) is 0 Å². The van der Waals surface area contributed by atoms with Crippen molar-refractivity contribution >= 4 is 34.2 Å². The van der Waals surface area contributed by atoms with E-state index >= 15 is 0 Å². The van der Waals surface area contributed by atoms with Crippen LogP contribution in [0.5, 0.6) is 0 Å². The SMILES string of the molecule is Cc1c(Cl)cccc1NC(=O)c1cccc2[nH]c(=O)[nH]c12. The molecular formula is C15H12ClN3O2. The quantitative estimate of drug-likeness (QED) is 0.680. The van der Waals surface area contributed by atoms with Gasteiger partial charge in [0.25, 0.3) is 5.91 Å². The molecule has 1 aromatic heterocycles. The molecule has 1 amide bonds. The summed E-state index contributed by atoms with van der Waals surface area (Å²) in [6, 6.07) is 10.4. The predicted octanol–water partition coefficient (Wildman–Crippen LogP) is 3.07. The molecule has 0 unspecified atom stereocenters. The zero-order valence-corrected chi connectivity index (χ0v) is 11.9. The van der Waals surface area contributed by atoms with Crippen LogP contribution in [0.15, 0.2) is 41.2 Å². The number of aromatic amines is 2. The minimum Gasteiger partial charge on any atom is -0.322 e. The molecule has 2 aromatic carbocycles. The summed E-state index contributed by atoms with van der Waals surface area (Å²) in [5, 5.41) is 3.39. The molecule has 3 rings (SSSR count). The van der Waals surface area contributed by atoms with Crippen LogP contribution in [0, 0.1) is 6.92 Å². The van der Waals surface area contributed by atoms with Crippen LogP contribution in [0.1, 0.15) is 15.9 Å². The Hall–Kier alpha value is -2.53. The summed E-state index contributed by atoms with van der Waals surface area (Å²) in [6.45, 7) is 1.83. The number of hydrogen-bond donors (Lipinski definition) is 3. The molecule has 0 saturated heterocycles. The Bertz CT molecular complexity index is 895. The molecule has 0 radical (unpaired) electrons. The molecule has 1 heterocycles. The van der Waals surface area contributed by atoms with E-state index in [0.29, 0.717) is 27.3 Å². The van der Waals surface area contributed by atoms with E-state index in [-0.39, 0.29) is 11.6 Å². The predicted molar refractivity (Wildman–Crippen MR) is 83.1 cm³/mol. The lowest BCUT2D eigenvalue weighted by atomic mass is 10.1. The second-order valence-electron chi connectivity index (χ2n) is 4.67. The smallest absolute Gasteiger partial charge is 0.322 e. The number of amides is 1. The zero-order valence-electron chi connectivity index (χ0n) is 11.2. The van der Waals surface area contributed by atoms with Gasteiger partial charge in [-0.1, -0.05) is 23.7 Å². The summed E-state index contributed by atoms with van der Waals surface area (Å²) in [6.07, 6.45) is 0. The van der Waals surface area contributed by atoms with Crippen molar-refractivity contribution in [3.8, 4) is 0 Å². The molecule has 21 heavy (non-hydrogen) atoms. The van der Waals surface area contributed by atoms with Gasteiger partial charge >= 0.3 is 5.69 Å². The minimum atomic E-state index is -0.343. The summed E-state index contributed by atoms with van der Waals surface area (Å²) in [4.78, 5) is 29.0. The first-order chi connectivity index (χ1) is 10.1. The van der Waals surface area contributed by atoms with E-state index in [4.69, 9.17) is 11.6 Å². The van der Waals surface area contributed by atoms with Crippen LogP contribution in [-0.2, 0) is 0 Å². The van der Waals surface area contributed by atoms with Crippen molar-refractivity contribution in [2.24, 2.45) is 0 Å². The Morgan fingerprint density at radius 3 is 2.71 bits per heavy atom. The van der Waals surface area contributed by atoms with Crippen LogP contribution in [0.3, 0.4) is 0 Å². The average molecular weight is 302 g/mol. The molecule has 0 aliphatic heterocycles. The largest absolute Gasteiger partial charge is 0.323 e. The summed E-state index contributed by atoms with van der Waals surface area (Å²) in [5.74, 6) is -0.304. The maximum atomic E-state index is 12.4. The normalized spacial score (nSPS) is 10.8. The second-order valence-corrected chi connectivity index (χ2v) is 5.08. The lowest BCUT2D eigenvalue weighted by molar-refractivity contribution is 0.102. The number of aromatic nitrogens is 2. The van der Waals surface area contributed by atoms with Crippen molar-refractivity contribution in [1.82, 2.24) is 9.97 Å². The van der Waals surface area contributed by atoms with E-state index in [1.807, 2.05) is 6.92 Å². The first-order valence-electron chi connectivity index (χ1n) is 6.34. The van der Waals surface area contributed by atoms with Crippen LogP contribution in [0.25, 0.3) is 11.0 Å². The number of benzene rings is 2. The monoisotopic (exact) mass is 301 g/mol. The third-order valence-electron chi connectivity index (χ3n) is 3.31. The van der Waals surface area contributed by atoms with Gasteiger partial charge in [0.15, 0.2) is 0 Å². The molecule has 3 N–H and O–H groups in total. The maximum absolute atomic E-state index is 12.4. The third kappa shape index (κ3) is 2.43. The zero-order chi connectivity index (χ0) is 15.0. The van der Waals surface area contributed by atoms with E-state index in [1.165, 1.54) is 0 Å². The summed E-state index contributed by atoms with van der Waals surface area (Å²) in [7, 11) is 0. The van der Waals surface area contributed by atoms with Gasteiger partial charge in [-0.3, -0.25) is 4.79 Å². The van der Waals surface area contributed by atoms with E-state index < -0.39 is 0 Å². The molecule has 0 saturated carbocycles. The van der Waals surface area contributed by atoms with Crippen LogP contribution in [-0.4, -0.2) is 15.9 Å². The van der Waals surface area contributed by atoms with Gasteiger partial charge in [0.05, 0.1) is 16.6 Å². The molecule has 0 atom stereocenters. The molecule has 0 aliphatic rings. The number of carbonyl (C=O) groups is 1. The maximum Gasteiger partial charge on any atom is 0.323 e. The Balaban J connectivity index is 2.01. The number of hydrogen-bond acceptors (Lipinski definition) is 2. The fraction of sp³-hybridized carbons (Fsp3) is 0.0667. The Morgan fingerprint density at radius 2 is 1.90 bits per heavy atom. The van der Waals surface area contributed by atoms with E-state index in [0.717, 1.165) is 5.56 Å². The average Bonchev–Trinajstić information content (AvgIpc) is 2.83. The molecule has 6 heteroatoms. The number of rotatable bonds is 2. The fourth-order valence-electron chi connectivity index (χ4n) is 2.18. The Labute approximate surface area is 125 Å². The third-order valence-corrected chi connectivity index (χ3v) is 3.72. The van der Waals surface area contributed by atoms with Gasteiger partial charge in [-0.05, 0) is 36.8 Å². The molecule has 0 bridgehead atoms. The highest BCUT2D eigenvalue weighted by molar-refractivity contribution is 6.31. The summed E-state index contributed by atoms with van der Waals surface area (Å²) >= 11 is 6.04. The molecule has 3 aromatic rings. The highest BCUT2D eigenvalue weighted by Gasteiger charge is 2.13. The van der Waals surface area contributed by atoms with E-state index in [2.05, 4.69) is 15.3 Å². The van der Waals surface area contributed by atoms with Gasteiger partial charge in [-0.15, -0.1) is 0 Å². The van der Waals surface area contributed by atoms with Gasteiger partial charge in [-0.25, -0.2) is 4.79 Å². The number of para-hydroxylation sites is 1. The molecule has 106 valence electrons. The molecule has 5 nitrogen and oxygen atoms in total. The number of halogens is 1. The number of nitrogens with one attached hydrogen (secondary N) is 3. The molecular weight excluding hydrogens is 290 g/mol. The van der Waals surface area contributed by atoms with Crippen molar-refractivity contribution in [1.29, 1.82) is 0 Å². The Morgan fingerprint density at radius 1 is 1.14 bits per heavy atom. The van der Waals surface area contributed by atoms with Crippen molar-refractivity contribution in [3.63, 3.8) is 0 Å².